The molecule has 0 spiro atoms. The van der Waals surface area contributed by atoms with E-state index in [0.717, 1.165) is 11.3 Å². The maximum absolute atomic E-state index is 13.1. The van der Waals surface area contributed by atoms with Crippen LogP contribution in [0.25, 0.3) is 16.9 Å². The van der Waals surface area contributed by atoms with Crippen molar-refractivity contribution in [3.8, 4) is 16.9 Å². The summed E-state index contributed by atoms with van der Waals surface area (Å²) in [7, 11) is 3.07. The van der Waals surface area contributed by atoms with Gasteiger partial charge in [-0.3, -0.25) is 14.6 Å². The summed E-state index contributed by atoms with van der Waals surface area (Å²) in [6.45, 7) is 0.441. The minimum atomic E-state index is -0.284. The first-order valence-corrected chi connectivity index (χ1v) is 8.98. The smallest absolute Gasteiger partial charge is 0.305 e. The van der Waals surface area contributed by atoms with E-state index in [0.29, 0.717) is 24.2 Å². The molecule has 0 aliphatic rings. The largest absolute Gasteiger partial charge is 0.469 e. The predicted octanol–water partition coefficient (Wildman–Crippen LogP) is 2.96. The average molecular weight is 378 g/mol. The third kappa shape index (κ3) is 4.43. The fraction of sp³-hybridized carbons (Fsp3) is 0.238. The number of rotatable bonds is 7. The highest BCUT2D eigenvalue weighted by Crippen LogP contribution is 2.24. The van der Waals surface area contributed by atoms with Crippen molar-refractivity contribution in [2.45, 2.75) is 12.8 Å². The summed E-state index contributed by atoms with van der Waals surface area (Å²) in [5.74, 6) is -0.445. The van der Waals surface area contributed by atoms with Crippen LogP contribution >= 0.6 is 0 Å². The van der Waals surface area contributed by atoms with Gasteiger partial charge in [0, 0.05) is 44.2 Å². The number of hydrogen-bond donors (Lipinski definition) is 0. The van der Waals surface area contributed by atoms with E-state index < -0.39 is 0 Å². The zero-order valence-corrected chi connectivity index (χ0v) is 15.9. The molecule has 144 valence electrons. The van der Waals surface area contributed by atoms with Gasteiger partial charge in [-0.25, -0.2) is 4.68 Å². The molecule has 0 atom stereocenters. The number of pyridine rings is 1. The van der Waals surface area contributed by atoms with Crippen LogP contribution in [0.3, 0.4) is 0 Å². The predicted molar refractivity (Wildman–Crippen MR) is 105 cm³/mol. The lowest BCUT2D eigenvalue weighted by molar-refractivity contribution is -0.140. The van der Waals surface area contributed by atoms with Crippen LogP contribution in [-0.2, 0) is 9.53 Å². The number of carbonyl (C=O) groups is 2. The van der Waals surface area contributed by atoms with Crippen LogP contribution in [0, 0.1) is 0 Å². The lowest BCUT2D eigenvalue weighted by atomic mass is 10.1. The third-order valence-corrected chi connectivity index (χ3v) is 4.35. The first-order chi connectivity index (χ1) is 13.6. The van der Waals surface area contributed by atoms with E-state index in [1.54, 1.807) is 35.2 Å². The zero-order valence-electron chi connectivity index (χ0n) is 15.9. The lowest BCUT2D eigenvalue weighted by Crippen LogP contribution is -2.28. The molecule has 7 heteroatoms. The first kappa shape index (κ1) is 19.3. The second kappa shape index (κ2) is 8.94. The van der Waals surface area contributed by atoms with Crippen LogP contribution in [0.15, 0.2) is 61.1 Å². The molecule has 0 aliphatic heterocycles. The van der Waals surface area contributed by atoms with Crippen molar-refractivity contribution < 1.29 is 14.3 Å². The number of hydrogen-bond acceptors (Lipinski definition) is 5. The van der Waals surface area contributed by atoms with Crippen molar-refractivity contribution in [3.63, 3.8) is 0 Å². The Morgan fingerprint density at radius 2 is 1.93 bits per heavy atom. The van der Waals surface area contributed by atoms with Gasteiger partial charge in [-0.15, -0.1) is 0 Å². The second-order valence-electron chi connectivity index (χ2n) is 6.32. The van der Waals surface area contributed by atoms with Crippen molar-refractivity contribution in [2.75, 3.05) is 20.7 Å². The fourth-order valence-electron chi connectivity index (χ4n) is 2.83. The third-order valence-electron chi connectivity index (χ3n) is 4.35. The summed E-state index contributed by atoms with van der Waals surface area (Å²) in [5.41, 5.74) is 2.68. The van der Waals surface area contributed by atoms with Crippen LogP contribution in [0.4, 0.5) is 0 Å². The van der Waals surface area contributed by atoms with Gasteiger partial charge in [0.2, 0.25) is 0 Å². The summed E-state index contributed by atoms with van der Waals surface area (Å²) in [6.07, 6.45) is 5.90. The number of nitrogens with zero attached hydrogens (tertiary/aromatic N) is 4. The number of carbonyl (C=O) groups excluding carboxylic acids is 2. The van der Waals surface area contributed by atoms with E-state index in [9.17, 15) is 9.59 Å². The Morgan fingerprint density at radius 1 is 1.14 bits per heavy atom. The van der Waals surface area contributed by atoms with Gasteiger partial charge in [0.05, 0.1) is 18.4 Å². The normalized spacial score (nSPS) is 10.5. The van der Waals surface area contributed by atoms with Gasteiger partial charge in [-0.1, -0.05) is 18.2 Å². The molecule has 0 radical (unpaired) electrons. The molecule has 3 rings (SSSR count). The molecular weight excluding hydrogens is 356 g/mol. The molecule has 0 aliphatic carbocycles. The number of amides is 1. The fourth-order valence-corrected chi connectivity index (χ4v) is 2.83. The summed E-state index contributed by atoms with van der Waals surface area (Å²) < 4.78 is 6.34. The highest BCUT2D eigenvalue weighted by molar-refractivity contribution is 5.99. The molecule has 28 heavy (non-hydrogen) atoms. The number of ether oxygens (including phenoxy) is 1. The Balaban J connectivity index is 1.89. The lowest BCUT2D eigenvalue weighted by Gasteiger charge is -2.16. The Kier molecular flexibility index (Phi) is 6.16. The van der Waals surface area contributed by atoms with Crippen molar-refractivity contribution in [2.24, 2.45) is 0 Å². The molecule has 0 saturated heterocycles. The molecule has 0 fully saturated rings. The van der Waals surface area contributed by atoms with Gasteiger partial charge >= 0.3 is 5.97 Å². The topological polar surface area (TPSA) is 77.3 Å². The van der Waals surface area contributed by atoms with Crippen molar-refractivity contribution in [1.29, 1.82) is 0 Å². The van der Waals surface area contributed by atoms with Crippen LogP contribution < -0.4 is 0 Å². The van der Waals surface area contributed by atoms with Gasteiger partial charge in [0.1, 0.15) is 5.69 Å². The molecule has 2 heterocycles. The standard InChI is InChI=1S/C21H22N4O3/c1-24(13-7-11-19(26)28-2)21(27)18-15-25(17-9-4-3-5-10-17)23-20(18)16-8-6-12-22-14-16/h3-6,8-10,12,14-15H,7,11,13H2,1-2H3. The molecule has 1 amide bonds. The van der Waals surface area contributed by atoms with E-state index in [1.165, 1.54) is 7.11 Å². The van der Waals surface area contributed by atoms with E-state index in [-0.39, 0.29) is 18.3 Å². The van der Waals surface area contributed by atoms with Crippen LogP contribution in [0.1, 0.15) is 23.2 Å². The van der Waals surface area contributed by atoms with Crippen molar-refractivity contribution in [3.05, 3.63) is 66.6 Å². The quantitative estimate of drug-likeness (QED) is 0.591. The van der Waals surface area contributed by atoms with Gasteiger partial charge in [-0.05, 0) is 30.7 Å². The number of benzene rings is 1. The van der Waals surface area contributed by atoms with E-state index in [4.69, 9.17) is 0 Å². The summed E-state index contributed by atoms with van der Waals surface area (Å²) in [5, 5.41) is 4.63. The molecule has 1 aromatic carbocycles. The van der Waals surface area contributed by atoms with Crippen LogP contribution in [0.5, 0.6) is 0 Å². The number of esters is 1. The van der Waals surface area contributed by atoms with Gasteiger partial charge in [0.25, 0.3) is 5.91 Å². The molecule has 0 saturated carbocycles. The van der Waals surface area contributed by atoms with Crippen LogP contribution in [0.2, 0.25) is 0 Å². The number of aromatic nitrogens is 3. The van der Waals surface area contributed by atoms with Crippen LogP contribution in [-0.4, -0.2) is 52.2 Å². The van der Waals surface area contributed by atoms with Gasteiger partial charge in [0.15, 0.2) is 0 Å². The minimum absolute atomic E-state index is 0.161. The van der Waals surface area contributed by atoms with Crippen molar-refractivity contribution in [1.82, 2.24) is 19.7 Å². The Morgan fingerprint density at radius 3 is 2.61 bits per heavy atom. The molecule has 3 aromatic rings. The highest BCUT2D eigenvalue weighted by Gasteiger charge is 2.21. The highest BCUT2D eigenvalue weighted by atomic mass is 16.5. The van der Waals surface area contributed by atoms with Crippen molar-refractivity contribution >= 4 is 11.9 Å². The minimum Gasteiger partial charge on any atom is -0.469 e. The number of methoxy groups -OCH3 is 1. The van der Waals surface area contributed by atoms with E-state index in [2.05, 4.69) is 14.8 Å². The SMILES string of the molecule is COC(=O)CCCN(C)C(=O)c1cn(-c2ccccc2)nc1-c1cccnc1. The maximum atomic E-state index is 13.1. The molecule has 0 bridgehead atoms. The molecule has 7 nitrogen and oxygen atoms in total. The van der Waals surface area contributed by atoms with Gasteiger partial charge < -0.3 is 9.64 Å². The second-order valence-corrected chi connectivity index (χ2v) is 6.32. The van der Waals surface area contributed by atoms with E-state index >= 15 is 0 Å². The maximum Gasteiger partial charge on any atom is 0.305 e. The molecule has 0 unspecified atom stereocenters. The summed E-state index contributed by atoms with van der Waals surface area (Å²) in [6, 6.07) is 13.3. The number of para-hydroxylation sites is 1. The zero-order chi connectivity index (χ0) is 19.9. The van der Waals surface area contributed by atoms with E-state index in [1.807, 2.05) is 42.5 Å². The Hall–Kier alpha value is -3.48. The monoisotopic (exact) mass is 378 g/mol. The summed E-state index contributed by atoms with van der Waals surface area (Å²) >= 11 is 0. The Bertz CT molecular complexity index is 939. The van der Waals surface area contributed by atoms with Gasteiger partial charge in [-0.2, -0.15) is 5.10 Å². The molecule has 2 aromatic heterocycles. The molecule has 0 N–H and O–H groups in total. The first-order valence-electron chi connectivity index (χ1n) is 8.98. The molecular formula is C21H22N4O3. The average Bonchev–Trinajstić information content (AvgIpc) is 3.19. The Labute approximate surface area is 163 Å². The summed E-state index contributed by atoms with van der Waals surface area (Å²) in [4.78, 5) is 30.1.